The number of esters is 2. The molecule has 2 aliphatic rings. The van der Waals surface area contributed by atoms with Crippen molar-refractivity contribution in [3.8, 4) is 6.07 Å². The molecule has 0 saturated heterocycles. The van der Waals surface area contributed by atoms with E-state index in [2.05, 4.69) is 11.4 Å². The summed E-state index contributed by atoms with van der Waals surface area (Å²) in [6.07, 6.45) is 0.0430. The van der Waals surface area contributed by atoms with E-state index in [0.29, 0.717) is 22.5 Å². The molecule has 1 amide bonds. The van der Waals surface area contributed by atoms with Crippen molar-refractivity contribution in [1.29, 1.82) is 5.26 Å². The molecule has 3 N–H and O–H groups in total. The van der Waals surface area contributed by atoms with Crippen LogP contribution < -0.4 is 16.0 Å². The fraction of sp³-hybridized carbons (Fsp3) is 0.167. The Morgan fingerprint density at radius 1 is 1.09 bits per heavy atom. The van der Waals surface area contributed by atoms with Crippen LogP contribution in [0.2, 0.25) is 0 Å². The average Bonchev–Trinajstić information content (AvgIpc) is 3.23. The first-order chi connectivity index (χ1) is 15.9. The van der Waals surface area contributed by atoms with Gasteiger partial charge < -0.3 is 20.5 Å². The van der Waals surface area contributed by atoms with E-state index in [0.717, 1.165) is 0 Å². The number of allylic oxidation sites excluding steroid dienone is 1. The van der Waals surface area contributed by atoms with Crippen LogP contribution in [0.5, 0.6) is 0 Å². The van der Waals surface area contributed by atoms with Crippen LogP contribution in [0.3, 0.4) is 0 Å². The topological polar surface area (TPSA) is 135 Å². The smallest absolute Gasteiger partial charge is 0.355 e. The highest BCUT2D eigenvalue weighted by Gasteiger charge is 2.43. The van der Waals surface area contributed by atoms with Crippen molar-refractivity contribution in [2.75, 3.05) is 24.4 Å². The maximum atomic E-state index is 13.1. The Labute approximate surface area is 189 Å². The zero-order valence-electron chi connectivity index (χ0n) is 17.9. The molecule has 166 valence electrons. The van der Waals surface area contributed by atoms with Gasteiger partial charge in [0.2, 0.25) is 5.91 Å². The van der Waals surface area contributed by atoms with Gasteiger partial charge in [0.1, 0.15) is 11.5 Å². The van der Waals surface area contributed by atoms with Gasteiger partial charge in [-0.2, -0.15) is 5.26 Å². The van der Waals surface area contributed by atoms with Crippen LogP contribution in [-0.2, 0) is 30.3 Å². The molecule has 9 heteroatoms. The Morgan fingerprint density at radius 3 is 2.42 bits per heavy atom. The van der Waals surface area contributed by atoms with Gasteiger partial charge in [0, 0.05) is 11.3 Å². The van der Waals surface area contributed by atoms with Crippen molar-refractivity contribution in [2.45, 2.75) is 12.3 Å². The molecule has 0 aromatic heterocycles. The van der Waals surface area contributed by atoms with Crippen molar-refractivity contribution in [1.82, 2.24) is 0 Å². The first kappa shape index (κ1) is 21.6. The highest BCUT2D eigenvalue weighted by Crippen LogP contribution is 2.45. The number of amides is 1. The third-order valence-corrected chi connectivity index (χ3v) is 5.61. The summed E-state index contributed by atoms with van der Waals surface area (Å²) in [5.74, 6) is -2.88. The van der Waals surface area contributed by atoms with E-state index in [4.69, 9.17) is 15.2 Å². The first-order valence-corrected chi connectivity index (χ1v) is 10.00. The van der Waals surface area contributed by atoms with E-state index < -0.39 is 17.9 Å². The quantitative estimate of drug-likeness (QED) is 0.685. The van der Waals surface area contributed by atoms with Crippen LogP contribution >= 0.6 is 0 Å². The number of rotatable bonds is 4. The first-order valence-electron chi connectivity index (χ1n) is 10.00. The monoisotopic (exact) mass is 444 g/mol. The number of carbonyl (C=O) groups excluding carboxylic acids is 3. The number of anilines is 2. The van der Waals surface area contributed by atoms with Gasteiger partial charge >= 0.3 is 11.9 Å². The predicted octanol–water partition coefficient (Wildman–Crippen LogP) is 2.08. The van der Waals surface area contributed by atoms with E-state index in [9.17, 15) is 19.6 Å². The molecule has 0 fully saturated rings. The summed E-state index contributed by atoms with van der Waals surface area (Å²) in [5, 5.41) is 12.8. The number of methoxy groups -OCH3 is 2. The summed E-state index contributed by atoms with van der Waals surface area (Å²) < 4.78 is 10.0. The summed E-state index contributed by atoms with van der Waals surface area (Å²) in [5.41, 5.74) is 8.37. The third-order valence-electron chi connectivity index (χ3n) is 5.61. The molecule has 0 bridgehead atoms. The number of carbonyl (C=O) groups is 3. The molecule has 1 unspecified atom stereocenters. The van der Waals surface area contributed by atoms with Crippen molar-refractivity contribution >= 4 is 29.2 Å². The molecule has 0 radical (unpaired) electrons. The van der Waals surface area contributed by atoms with Gasteiger partial charge in [-0.3, -0.25) is 9.69 Å². The van der Waals surface area contributed by atoms with Gasteiger partial charge in [0.25, 0.3) is 0 Å². The average molecular weight is 444 g/mol. The third kappa shape index (κ3) is 3.47. The number of nitrogens with zero attached hydrogens (tertiary/aromatic N) is 2. The molecule has 1 atom stereocenters. The molecule has 0 aliphatic carbocycles. The normalized spacial score (nSPS) is 17.3. The minimum Gasteiger partial charge on any atom is -0.466 e. The molecular weight excluding hydrogens is 424 g/mol. The molecule has 33 heavy (non-hydrogen) atoms. The number of fused-ring (bicyclic) bond motifs is 1. The van der Waals surface area contributed by atoms with Crippen molar-refractivity contribution in [3.63, 3.8) is 0 Å². The van der Waals surface area contributed by atoms with Gasteiger partial charge in [0.05, 0.1) is 49.5 Å². The molecule has 0 spiro atoms. The molecule has 2 aromatic carbocycles. The lowest BCUT2D eigenvalue weighted by molar-refractivity contribution is -0.139. The fourth-order valence-electron chi connectivity index (χ4n) is 4.21. The number of nitriles is 1. The second-order valence-corrected chi connectivity index (χ2v) is 7.36. The van der Waals surface area contributed by atoms with Crippen molar-refractivity contribution in [3.05, 3.63) is 82.3 Å². The Morgan fingerprint density at radius 2 is 1.79 bits per heavy atom. The van der Waals surface area contributed by atoms with Crippen molar-refractivity contribution in [2.24, 2.45) is 5.73 Å². The Kier molecular flexibility index (Phi) is 5.58. The summed E-state index contributed by atoms with van der Waals surface area (Å²) >= 11 is 0. The van der Waals surface area contributed by atoms with Crippen LogP contribution in [-0.4, -0.2) is 32.1 Å². The minimum absolute atomic E-state index is 0.0430. The van der Waals surface area contributed by atoms with Gasteiger partial charge in [-0.05, 0) is 17.7 Å². The predicted molar refractivity (Wildman–Crippen MR) is 118 cm³/mol. The maximum Gasteiger partial charge on any atom is 0.355 e. The van der Waals surface area contributed by atoms with Crippen LogP contribution in [0, 0.1) is 11.3 Å². The lowest BCUT2D eigenvalue weighted by Crippen LogP contribution is -2.41. The largest absolute Gasteiger partial charge is 0.466 e. The lowest BCUT2D eigenvalue weighted by atomic mass is 9.80. The summed E-state index contributed by atoms with van der Waals surface area (Å²) in [4.78, 5) is 39.5. The van der Waals surface area contributed by atoms with Crippen LogP contribution in [0.15, 0.2) is 71.2 Å². The highest BCUT2D eigenvalue weighted by molar-refractivity contribution is 6.08. The molecule has 2 aromatic rings. The van der Waals surface area contributed by atoms with Gasteiger partial charge in [-0.25, -0.2) is 9.59 Å². The summed E-state index contributed by atoms with van der Waals surface area (Å²) in [6, 6.07) is 15.9. The Bertz CT molecular complexity index is 1270. The van der Waals surface area contributed by atoms with Crippen molar-refractivity contribution < 1.29 is 23.9 Å². The van der Waals surface area contributed by atoms with Crippen LogP contribution in [0.25, 0.3) is 0 Å². The van der Waals surface area contributed by atoms with Gasteiger partial charge in [-0.1, -0.05) is 36.4 Å². The number of ether oxygens (including phenoxy) is 2. The molecular formula is C24H20N4O5. The SMILES string of the molecule is COC(=O)C1=C(C(=O)OC)N(c2cccc3c2CC(=O)N3)C(N)=C(C#N)C1c1ccccc1. The summed E-state index contributed by atoms with van der Waals surface area (Å²) in [6.45, 7) is 0. The van der Waals surface area contributed by atoms with Gasteiger partial charge in [-0.15, -0.1) is 0 Å². The van der Waals surface area contributed by atoms with Crippen LogP contribution in [0.1, 0.15) is 17.0 Å². The van der Waals surface area contributed by atoms with Crippen LogP contribution in [0.4, 0.5) is 11.4 Å². The zero-order valence-corrected chi connectivity index (χ0v) is 17.9. The molecule has 9 nitrogen and oxygen atoms in total. The second kappa shape index (κ2) is 8.51. The highest BCUT2D eigenvalue weighted by atomic mass is 16.5. The lowest BCUT2D eigenvalue weighted by Gasteiger charge is -2.36. The maximum absolute atomic E-state index is 13.1. The zero-order chi connectivity index (χ0) is 23.7. The molecule has 2 aliphatic heterocycles. The fourth-order valence-corrected chi connectivity index (χ4v) is 4.21. The number of benzene rings is 2. The van der Waals surface area contributed by atoms with E-state index in [1.807, 2.05) is 0 Å². The number of nitrogens with one attached hydrogen (secondary N) is 1. The molecule has 2 heterocycles. The Balaban J connectivity index is 2.08. The standard InChI is InChI=1S/C24H20N4O5/c1-32-23(30)20-19(13-7-4-3-5-8-13)15(12-25)22(26)28(21(20)24(31)33-2)17-10-6-9-16-14(17)11-18(29)27-16/h3-10,19H,11,26H2,1-2H3,(H,27,29). The van der Waals surface area contributed by atoms with E-state index >= 15 is 0 Å². The van der Waals surface area contributed by atoms with E-state index in [-0.39, 0.29) is 35.0 Å². The van der Waals surface area contributed by atoms with Gasteiger partial charge in [0.15, 0.2) is 0 Å². The number of hydrogen-bond donors (Lipinski definition) is 2. The van der Waals surface area contributed by atoms with E-state index in [1.54, 1.807) is 48.5 Å². The second-order valence-electron chi connectivity index (χ2n) is 7.36. The number of hydrogen-bond acceptors (Lipinski definition) is 8. The van der Waals surface area contributed by atoms with E-state index in [1.165, 1.54) is 19.1 Å². The molecule has 0 saturated carbocycles. The number of nitrogens with two attached hydrogens (primary N) is 1. The molecule has 4 rings (SSSR count). The Hall–Kier alpha value is -4.58. The summed E-state index contributed by atoms with van der Waals surface area (Å²) in [7, 11) is 2.37. The minimum atomic E-state index is -0.953.